The molecule has 1 aliphatic rings. The van der Waals surface area contributed by atoms with Crippen molar-refractivity contribution in [3.8, 4) is 0 Å². The Labute approximate surface area is 118 Å². The molecule has 3 nitrogen and oxygen atoms in total. The average Bonchev–Trinajstić information content (AvgIpc) is 2.39. The van der Waals surface area contributed by atoms with Crippen LogP contribution >= 0.6 is 0 Å². The van der Waals surface area contributed by atoms with Gasteiger partial charge in [0.05, 0.1) is 0 Å². The first-order valence-corrected chi connectivity index (χ1v) is 8.08. The minimum atomic E-state index is 0.251. The lowest BCUT2D eigenvalue weighted by molar-refractivity contribution is -0.122. The predicted octanol–water partition coefficient (Wildman–Crippen LogP) is 3.08. The number of nitrogens with two attached hydrogens (primary N) is 1. The van der Waals surface area contributed by atoms with Crippen molar-refractivity contribution in [2.24, 2.45) is 23.5 Å². The second-order valence-corrected chi connectivity index (χ2v) is 6.57. The first kappa shape index (κ1) is 16.5. The van der Waals surface area contributed by atoms with Crippen molar-refractivity contribution in [1.82, 2.24) is 5.32 Å². The van der Waals surface area contributed by atoms with E-state index < -0.39 is 0 Å². The van der Waals surface area contributed by atoms with E-state index in [0.717, 1.165) is 31.8 Å². The highest BCUT2D eigenvalue weighted by Crippen LogP contribution is 2.29. The van der Waals surface area contributed by atoms with Crippen molar-refractivity contribution < 1.29 is 4.79 Å². The van der Waals surface area contributed by atoms with Crippen LogP contribution in [0.25, 0.3) is 0 Å². The van der Waals surface area contributed by atoms with Crippen molar-refractivity contribution in [3.63, 3.8) is 0 Å². The maximum atomic E-state index is 11.8. The third kappa shape index (κ3) is 7.56. The molecule has 0 heterocycles. The quantitative estimate of drug-likeness (QED) is 0.665. The Balaban J connectivity index is 2.02. The fraction of sp³-hybridized carbons (Fsp3) is 0.938. The summed E-state index contributed by atoms with van der Waals surface area (Å²) in [5.41, 5.74) is 5.69. The molecule has 1 fully saturated rings. The number of amides is 1. The molecule has 1 saturated carbocycles. The molecule has 1 rings (SSSR count). The Morgan fingerprint density at radius 1 is 1.16 bits per heavy atom. The first-order valence-electron chi connectivity index (χ1n) is 8.08. The molecule has 0 radical (unpaired) electrons. The monoisotopic (exact) mass is 268 g/mol. The van der Waals surface area contributed by atoms with Gasteiger partial charge in [0.15, 0.2) is 0 Å². The van der Waals surface area contributed by atoms with E-state index in [0.29, 0.717) is 11.8 Å². The van der Waals surface area contributed by atoms with Gasteiger partial charge in [0.2, 0.25) is 5.91 Å². The van der Waals surface area contributed by atoms with E-state index in [1.165, 1.54) is 38.5 Å². The third-order valence-corrected chi connectivity index (χ3v) is 4.30. The number of rotatable bonds is 8. The molecule has 0 saturated heterocycles. The summed E-state index contributed by atoms with van der Waals surface area (Å²) >= 11 is 0. The van der Waals surface area contributed by atoms with E-state index in [1.807, 2.05) is 0 Å². The van der Waals surface area contributed by atoms with E-state index in [9.17, 15) is 4.79 Å². The maximum Gasteiger partial charge on any atom is 0.220 e. The molecule has 0 bridgehead atoms. The second-order valence-electron chi connectivity index (χ2n) is 6.57. The summed E-state index contributed by atoms with van der Waals surface area (Å²) in [6.45, 7) is 6.16. The molecule has 19 heavy (non-hydrogen) atoms. The smallest absolute Gasteiger partial charge is 0.220 e. The summed E-state index contributed by atoms with van der Waals surface area (Å²) in [5.74, 6) is 2.32. The van der Waals surface area contributed by atoms with Crippen molar-refractivity contribution in [3.05, 3.63) is 0 Å². The summed E-state index contributed by atoms with van der Waals surface area (Å²) in [6, 6.07) is 0. The molecule has 112 valence electrons. The lowest BCUT2D eigenvalue weighted by atomic mass is 9.80. The van der Waals surface area contributed by atoms with Gasteiger partial charge in [-0.2, -0.15) is 0 Å². The highest BCUT2D eigenvalue weighted by Gasteiger charge is 2.21. The molecule has 0 aromatic rings. The molecule has 3 N–H and O–H groups in total. The van der Waals surface area contributed by atoms with Gasteiger partial charge in [0, 0.05) is 13.0 Å². The molecule has 0 aromatic carbocycles. The largest absolute Gasteiger partial charge is 0.356 e. The number of carbonyl (C=O) groups is 1. The summed E-state index contributed by atoms with van der Waals surface area (Å²) in [6.07, 6.45) is 9.11. The highest BCUT2D eigenvalue weighted by atomic mass is 16.1. The van der Waals surface area contributed by atoms with Gasteiger partial charge in [-0.05, 0) is 56.4 Å². The van der Waals surface area contributed by atoms with Crippen LogP contribution in [-0.4, -0.2) is 19.0 Å². The van der Waals surface area contributed by atoms with Crippen LogP contribution in [0.3, 0.4) is 0 Å². The van der Waals surface area contributed by atoms with Crippen LogP contribution in [0.1, 0.15) is 65.2 Å². The minimum absolute atomic E-state index is 0.251. The fourth-order valence-electron chi connectivity index (χ4n) is 2.91. The SMILES string of the molecule is CC(C)CCCCNC(=O)CC1CCC(CN)CC1. The topological polar surface area (TPSA) is 55.1 Å². The van der Waals surface area contributed by atoms with Crippen LogP contribution in [0.4, 0.5) is 0 Å². The molecule has 0 atom stereocenters. The van der Waals surface area contributed by atoms with Crippen molar-refractivity contribution in [2.45, 2.75) is 65.2 Å². The zero-order chi connectivity index (χ0) is 14.1. The molecule has 0 unspecified atom stereocenters. The normalized spacial score (nSPS) is 23.6. The Kier molecular flexibility index (Phi) is 8.11. The highest BCUT2D eigenvalue weighted by molar-refractivity contribution is 5.76. The molecule has 0 aliphatic heterocycles. The molecular formula is C16H32N2O. The molecule has 0 aromatic heterocycles. The van der Waals surface area contributed by atoms with E-state index in [-0.39, 0.29) is 5.91 Å². The summed E-state index contributed by atoms with van der Waals surface area (Å²) in [4.78, 5) is 11.8. The van der Waals surface area contributed by atoms with Crippen LogP contribution in [0.2, 0.25) is 0 Å². The maximum absolute atomic E-state index is 11.8. The van der Waals surface area contributed by atoms with Gasteiger partial charge in [0.25, 0.3) is 0 Å². The van der Waals surface area contributed by atoms with Gasteiger partial charge in [-0.1, -0.05) is 26.7 Å². The Morgan fingerprint density at radius 2 is 1.79 bits per heavy atom. The van der Waals surface area contributed by atoms with Gasteiger partial charge in [0.1, 0.15) is 0 Å². The Hall–Kier alpha value is -0.570. The fourth-order valence-corrected chi connectivity index (χ4v) is 2.91. The van der Waals surface area contributed by atoms with Crippen LogP contribution in [0.15, 0.2) is 0 Å². The average molecular weight is 268 g/mol. The van der Waals surface area contributed by atoms with E-state index >= 15 is 0 Å². The lowest BCUT2D eigenvalue weighted by Gasteiger charge is -2.27. The van der Waals surface area contributed by atoms with Gasteiger partial charge < -0.3 is 11.1 Å². The van der Waals surface area contributed by atoms with Crippen molar-refractivity contribution in [1.29, 1.82) is 0 Å². The van der Waals surface area contributed by atoms with Crippen LogP contribution in [-0.2, 0) is 4.79 Å². The predicted molar refractivity (Wildman–Crippen MR) is 80.8 cm³/mol. The van der Waals surface area contributed by atoms with Gasteiger partial charge in [-0.3, -0.25) is 4.79 Å². The summed E-state index contributed by atoms with van der Waals surface area (Å²) in [5, 5.41) is 3.07. The van der Waals surface area contributed by atoms with Crippen molar-refractivity contribution in [2.75, 3.05) is 13.1 Å². The Bertz CT molecular complexity index is 245. The van der Waals surface area contributed by atoms with E-state index in [2.05, 4.69) is 19.2 Å². The van der Waals surface area contributed by atoms with Crippen LogP contribution in [0, 0.1) is 17.8 Å². The van der Waals surface area contributed by atoms with Gasteiger partial charge in [-0.15, -0.1) is 0 Å². The lowest BCUT2D eigenvalue weighted by Crippen LogP contribution is -2.29. The van der Waals surface area contributed by atoms with Crippen LogP contribution < -0.4 is 11.1 Å². The van der Waals surface area contributed by atoms with E-state index in [4.69, 9.17) is 5.73 Å². The second kappa shape index (κ2) is 9.35. The van der Waals surface area contributed by atoms with Gasteiger partial charge in [-0.25, -0.2) is 0 Å². The van der Waals surface area contributed by atoms with Crippen LogP contribution in [0.5, 0.6) is 0 Å². The standard InChI is InChI=1S/C16H32N2O/c1-13(2)5-3-4-10-18-16(19)11-14-6-8-15(12-17)9-7-14/h13-15H,3-12,17H2,1-2H3,(H,18,19). The zero-order valence-corrected chi connectivity index (χ0v) is 12.8. The molecular weight excluding hydrogens is 236 g/mol. The van der Waals surface area contributed by atoms with Crippen molar-refractivity contribution >= 4 is 5.91 Å². The number of nitrogens with one attached hydrogen (secondary N) is 1. The molecule has 1 amide bonds. The first-order chi connectivity index (χ1) is 9.11. The van der Waals surface area contributed by atoms with E-state index in [1.54, 1.807) is 0 Å². The number of carbonyl (C=O) groups excluding carboxylic acids is 1. The third-order valence-electron chi connectivity index (χ3n) is 4.30. The molecule has 3 heteroatoms. The number of hydrogen-bond donors (Lipinski definition) is 2. The minimum Gasteiger partial charge on any atom is -0.356 e. The number of unbranched alkanes of at least 4 members (excludes halogenated alkanes) is 1. The summed E-state index contributed by atoms with van der Waals surface area (Å²) < 4.78 is 0. The van der Waals surface area contributed by atoms with Gasteiger partial charge >= 0.3 is 0 Å². The Morgan fingerprint density at radius 3 is 2.37 bits per heavy atom. The molecule has 0 spiro atoms. The molecule has 1 aliphatic carbocycles. The number of hydrogen-bond acceptors (Lipinski definition) is 2. The summed E-state index contributed by atoms with van der Waals surface area (Å²) in [7, 11) is 0. The zero-order valence-electron chi connectivity index (χ0n) is 12.8.